The molecule has 1 N–H and O–H groups in total. The Bertz CT molecular complexity index is 1270. The second kappa shape index (κ2) is 7.55. The highest BCUT2D eigenvalue weighted by molar-refractivity contribution is 7.90. The summed E-state index contributed by atoms with van der Waals surface area (Å²) >= 11 is 0. The van der Waals surface area contributed by atoms with Gasteiger partial charge in [0.05, 0.1) is 5.69 Å². The highest BCUT2D eigenvalue weighted by atomic mass is 32.2. The van der Waals surface area contributed by atoms with Gasteiger partial charge in [-0.05, 0) is 30.7 Å². The Morgan fingerprint density at radius 3 is 2.87 bits per heavy atom. The highest BCUT2D eigenvalue weighted by Crippen LogP contribution is 2.35. The topological polar surface area (TPSA) is 108 Å². The number of halogens is 2. The maximum atomic E-state index is 14.5. The van der Waals surface area contributed by atoms with E-state index in [-0.39, 0.29) is 36.5 Å². The van der Waals surface area contributed by atoms with Crippen LogP contribution in [0, 0.1) is 24.1 Å². The van der Waals surface area contributed by atoms with Gasteiger partial charge in [-0.3, -0.25) is 4.72 Å². The van der Waals surface area contributed by atoms with Crippen molar-refractivity contribution in [2.75, 3.05) is 17.8 Å². The molecule has 2 heterocycles. The summed E-state index contributed by atoms with van der Waals surface area (Å²) in [6.45, 7) is 1.41. The maximum absolute atomic E-state index is 14.5. The van der Waals surface area contributed by atoms with Crippen LogP contribution in [0.2, 0.25) is 0 Å². The minimum atomic E-state index is -4.12. The minimum absolute atomic E-state index is 0.0134. The van der Waals surface area contributed by atoms with Crippen molar-refractivity contribution in [2.24, 2.45) is 0 Å². The summed E-state index contributed by atoms with van der Waals surface area (Å²) in [7, 11) is -4.12. The van der Waals surface area contributed by atoms with E-state index in [4.69, 9.17) is 9.15 Å². The van der Waals surface area contributed by atoms with Crippen molar-refractivity contribution in [3.63, 3.8) is 0 Å². The van der Waals surface area contributed by atoms with E-state index in [1.54, 1.807) is 19.1 Å². The lowest BCUT2D eigenvalue weighted by Gasteiger charge is -2.18. The molecule has 2 aromatic carbocycles. The smallest absolute Gasteiger partial charge is 0.301 e. The second-order valence-corrected chi connectivity index (χ2v) is 8.40. The molecule has 0 amide bonds. The first kappa shape index (κ1) is 20.1. The molecule has 0 unspecified atom stereocenters. The third kappa shape index (κ3) is 3.79. The van der Waals surface area contributed by atoms with Crippen molar-refractivity contribution >= 4 is 27.0 Å². The number of nitrogens with zero attached hydrogens (tertiary/aromatic N) is 3. The Labute approximate surface area is 170 Å². The van der Waals surface area contributed by atoms with E-state index in [1.165, 1.54) is 12.1 Å². The Hall–Kier alpha value is -3.23. The summed E-state index contributed by atoms with van der Waals surface area (Å²) in [5.41, 5.74) is 0.478. The highest BCUT2D eigenvalue weighted by Gasteiger charge is 2.32. The van der Waals surface area contributed by atoms with E-state index in [0.29, 0.717) is 17.0 Å². The van der Waals surface area contributed by atoms with Gasteiger partial charge in [0.15, 0.2) is 23.0 Å². The van der Waals surface area contributed by atoms with E-state index in [2.05, 4.69) is 9.71 Å². The number of hydrogen-bond acceptors (Lipinski definition) is 6. The lowest BCUT2D eigenvalue weighted by atomic mass is 10.1. The molecule has 1 atom stereocenters. The van der Waals surface area contributed by atoms with Gasteiger partial charge in [0.25, 0.3) is 0 Å². The molecule has 0 aliphatic carbocycles. The Balaban J connectivity index is 1.67. The lowest BCUT2D eigenvalue weighted by molar-refractivity contribution is 0.343. The molecule has 1 saturated heterocycles. The van der Waals surface area contributed by atoms with Gasteiger partial charge >= 0.3 is 10.2 Å². The van der Waals surface area contributed by atoms with E-state index in [1.807, 2.05) is 0 Å². The van der Waals surface area contributed by atoms with Crippen LogP contribution in [0.1, 0.15) is 17.9 Å². The van der Waals surface area contributed by atoms with Crippen molar-refractivity contribution in [1.29, 1.82) is 5.26 Å². The first-order valence-corrected chi connectivity index (χ1v) is 10.4. The summed E-state index contributed by atoms with van der Waals surface area (Å²) in [6, 6.07) is 8.48. The quantitative estimate of drug-likeness (QED) is 0.657. The number of aryl methyl sites for hydroxylation is 1. The van der Waals surface area contributed by atoms with Crippen LogP contribution in [0.15, 0.2) is 34.7 Å². The normalized spacial score (nSPS) is 17.2. The number of fused-ring (bicyclic) bond motifs is 1. The Kier molecular flexibility index (Phi) is 5.05. The zero-order valence-corrected chi connectivity index (χ0v) is 16.5. The summed E-state index contributed by atoms with van der Waals surface area (Å²) in [5, 5.41) is 9.55. The predicted octanol–water partition coefficient (Wildman–Crippen LogP) is 3.64. The summed E-state index contributed by atoms with van der Waals surface area (Å²) in [5.74, 6) is -0.680. The van der Waals surface area contributed by atoms with Crippen LogP contribution in [0.25, 0.3) is 11.1 Å². The van der Waals surface area contributed by atoms with Crippen LogP contribution >= 0.6 is 0 Å². The van der Waals surface area contributed by atoms with E-state index < -0.39 is 27.9 Å². The molecule has 0 spiro atoms. The van der Waals surface area contributed by atoms with Crippen molar-refractivity contribution in [2.45, 2.75) is 19.5 Å². The summed E-state index contributed by atoms with van der Waals surface area (Å²) in [6.07, 6.45) is -1.16. The number of oxazole rings is 1. The number of rotatable bonds is 5. The standard InChI is InChI=1S/C19H16F2N4O4S/c1-11-23-17-4-2-13(8-18(17)28-11)29-19-14(9-22)16(5-3-15(19)21)24-30(26,27)25-7-6-12(20)10-25/h2-5,8,12,24H,6-7,10H2,1H3/t12-/m0/s1. The first-order valence-electron chi connectivity index (χ1n) is 8.96. The fourth-order valence-corrected chi connectivity index (χ4v) is 4.44. The third-order valence-corrected chi connectivity index (χ3v) is 6.07. The number of hydrogen-bond donors (Lipinski definition) is 1. The largest absolute Gasteiger partial charge is 0.453 e. The number of ether oxygens (including phenoxy) is 1. The molecular weight excluding hydrogens is 418 g/mol. The molecule has 0 radical (unpaired) electrons. The van der Waals surface area contributed by atoms with Crippen molar-refractivity contribution in [1.82, 2.24) is 9.29 Å². The number of nitrogens with one attached hydrogen (secondary N) is 1. The van der Waals surface area contributed by atoms with Crippen LogP contribution in [-0.2, 0) is 10.2 Å². The van der Waals surface area contributed by atoms with Gasteiger partial charge in [0, 0.05) is 26.1 Å². The second-order valence-electron chi connectivity index (χ2n) is 6.73. The van der Waals surface area contributed by atoms with Crippen LogP contribution in [0.3, 0.4) is 0 Å². The molecule has 1 fully saturated rings. The van der Waals surface area contributed by atoms with Crippen LogP contribution in [0.5, 0.6) is 11.5 Å². The average Bonchev–Trinajstić information content (AvgIpc) is 3.29. The summed E-state index contributed by atoms with van der Waals surface area (Å²) in [4.78, 5) is 4.15. The molecule has 156 valence electrons. The van der Waals surface area contributed by atoms with Crippen LogP contribution < -0.4 is 9.46 Å². The molecule has 3 aromatic rings. The zero-order valence-electron chi connectivity index (χ0n) is 15.7. The first-order chi connectivity index (χ1) is 14.3. The third-order valence-electron chi connectivity index (χ3n) is 4.58. The molecule has 30 heavy (non-hydrogen) atoms. The van der Waals surface area contributed by atoms with Crippen LogP contribution in [-0.4, -0.2) is 37.0 Å². The molecular formula is C19H16F2N4O4S. The zero-order chi connectivity index (χ0) is 21.5. The minimum Gasteiger partial charge on any atom is -0.453 e. The van der Waals surface area contributed by atoms with Crippen molar-refractivity contribution in [3.8, 4) is 17.6 Å². The number of benzene rings is 2. The number of nitriles is 1. The van der Waals surface area contributed by atoms with Crippen LogP contribution in [0.4, 0.5) is 14.5 Å². The van der Waals surface area contributed by atoms with E-state index in [9.17, 15) is 22.5 Å². The van der Waals surface area contributed by atoms with E-state index >= 15 is 0 Å². The predicted molar refractivity (Wildman–Crippen MR) is 104 cm³/mol. The lowest BCUT2D eigenvalue weighted by Crippen LogP contribution is -2.34. The molecule has 1 aliphatic rings. The SMILES string of the molecule is Cc1nc2ccc(Oc3c(F)ccc(NS(=O)(=O)N4CC[C@H](F)C4)c3C#N)cc2o1. The van der Waals surface area contributed by atoms with Crippen molar-refractivity contribution in [3.05, 3.63) is 47.6 Å². The Morgan fingerprint density at radius 1 is 1.37 bits per heavy atom. The number of aromatic nitrogens is 1. The fourth-order valence-electron chi connectivity index (χ4n) is 3.16. The maximum Gasteiger partial charge on any atom is 0.301 e. The van der Waals surface area contributed by atoms with Gasteiger partial charge in [-0.25, -0.2) is 13.8 Å². The van der Waals surface area contributed by atoms with Gasteiger partial charge < -0.3 is 9.15 Å². The van der Waals surface area contributed by atoms with E-state index in [0.717, 1.165) is 16.4 Å². The molecule has 4 rings (SSSR count). The van der Waals surface area contributed by atoms with Gasteiger partial charge in [0.2, 0.25) is 0 Å². The molecule has 0 bridgehead atoms. The van der Waals surface area contributed by atoms with Gasteiger partial charge in [0.1, 0.15) is 29.1 Å². The number of anilines is 1. The monoisotopic (exact) mass is 434 g/mol. The van der Waals surface area contributed by atoms with Gasteiger partial charge in [-0.1, -0.05) is 0 Å². The molecule has 1 aliphatic heterocycles. The van der Waals surface area contributed by atoms with Gasteiger partial charge in [-0.15, -0.1) is 0 Å². The molecule has 0 saturated carbocycles. The molecule has 11 heteroatoms. The molecule has 8 nitrogen and oxygen atoms in total. The summed E-state index contributed by atoms with van der Waals surface area (Å²) < 4.78 is 67.0. The number of alkyl halides is 1. The van der Waals surface area contributed by atoms with Crippen molar-refractivity contribution < 1.29 is 26.4 Å². The Morgan fingerprint density at radius 2 is 2.17 bits per heavy atom. The average molecular weight is 434 g/mol. The molecule has 1 aromatic heterocycles. The fraction of sp³-hybridized carbons (Fsp3) is 0.263. The van der Waals surface area contributed by atoms with Gasteiger partial charge in [-0.2, -0.15) is 18.0 Å².